The highest BCUT2D eigenvalue weighted by molar-refractivity contribution is 5.97. The van der Waals surface area contributed by atoms with E-state index in [9.17, 15) is 5.11 Å². The third-order valence-corrected chi connectivity index (χ3v) is 11.3. The van der Waals surface area contributed by atoms with Gasteiger partial charge in [-0.05, 0) is 124 Å². The van der Waals surface area contributed by atoms with Gasteiger partial charge in [0.15, 0.2) is 0 Å². The molecular weight excluding hydrogens is 647 g/mol. The zero-order chi connectivity index (χ0) is 39.8. The predicted octanol–water partition coefficient (Wildman–Crippen LogP) is 12.7. The third-order valence-electron chi connectivity index (χ3n) is 11.3. The Kier molecular flexibility index (Phi) is 7.38. The minimum Gasteiger partial charge on any atom is -0.507 e. The largest absolute Gasteiger partial charge is 0.507 e. The van der Waals surface area contributed by atoms with Crippen molar-refractivity contribution in [3.63, 3.8) is 0 Å². The van der Waals surface area contributed by atoms with Crippen LogP contribution in [0.4, 0.5) is 0 Å². The SMILES string of the molecule is [2H]C([2H])([2H])c1ccc(-c2ccnc(-c3cc(-c4cccc5c4nc(-c4cc6c(cc4O)C(C)(C)CCC6(C)C)n5-c4ccccc4)cc(C(C)(C)C)c3)c2)cc1. The maximum Gasteiger partial charge on any atom is 0.149 e. The van der Waals surface area contributed by atoms with E-state index in [4.69, 9.17) is 14.1 Å². The van der Waals surface area contributed by atoms with E-state index in [0.29, 0.717) is 11.4 Å². The van der Waals surface area contributed by atoms with Gasteiger partial charge < -0.3 is 5.11 Å². The topological polar surface area (TPSA) is 50.9 Å². The molecule has 0 aliphatic heterocycles. The molecule has 2 aromatic heterocycles. The number of phenols is 1. The van der Waals surface area contributed by atoms with Crippen LogP contribution in [0.5, 0.6) is 5.75 Å². The van der Waals surface area contributed by atoms with E-state index in [1.165, 1.54) is 11.1 Å². The average molecular weight is 699 g/mol. The summed E-state index contributed by atoms with van der Waals surface area (Å²) in [5.74, 6) is 0.934. The molecule has 1 N–H and O–H groups in total. The van der Waals surface area contributed by atoms with Crippen molar-refractivity contribution in [3.05, 3.63) is 144 Å². The lowest BCUT2D eigenvalue weighted by molar-refractivity contribution is 0.330. The molecule has 4 nitrogen and oxygen atoms in total. The van der Waals surface area contributed by atoms with Gasteiger partial charge in [0, 0.05) is 27.1 Å². The van der Waals surface area contributed by atoms with E-state index in [1.807, 2.05) is 48.7 Å². The molecule has 0 atom stereocenters. The van der Waals surface area contributed by atoms with E-state index in [1.54, 1.807) is 12.1 Å². The van der Waals surface area contributed by atoms with Gasteiger partial charge in [0.25, 0.3) is 0 Å². The van der Waals surface area contributed by atoms with E-state index < -0.39 is 6.85 Å². The first kappa shape index (κ1) is 31.1. The number of fused-ring (bicyclic) bond motifs is 2. The monoisotopic (exact) mass is 698 g/mol. The van der Waals surface area contributed by atoms with E-state index in [2.05, 4.69) is 114 Å². The molecule has 1 aliphatic carbocycles. The predicted molar refractivity (Wildman–Crippen MR) is 221 cm³/mol. The van der Waals surface area contributed by atoms with Gasteiger partial charge in [-0.3, -0.25) is 9.55 Å². The summed E-state index contributed by atoms with van der Waals surface area (Å²) in [6, 6.07) is 38.6. The molecule has 0 unspecified atom stereocenters. The molecule has 1 aliphatic rings. The van der Waals surface area contributed by atoms with Gasteiger partial charge in [-0.2, -0.15) is 0 Å². The number of benzene rings is 5. The fourth-order valence-electron chi connectivity index (χ4n) is 7.93. The van der Waals surface area contributed by atoms with Crippen LogP contribution in [0.15, 0.2) is 121 Å². The van der Waals surface area contributed by atoms with Crippen LogP contribution in [0.3, 0.4) is 0 Å². The van der Waals surface area contributed by atoms with Crippen LogP contribution in [0, 0.1) is 6.85 Å². The smallest absolute Gasteiger partial charge is 0.149 e. The number of hydrogen-bond donors (Lipinski definition) is 1. The third kappa shape index (κ3) is 6.24. The Bertz CT molecular complexity index is 2610. The lowest BCUT2D eigenvalue weighted by Crippen LogP contribution is -2.33. The first-order valence-corrected chi connectivity index (χ1v) is 18.6. The summed E-state index contributed by atoms with van der Waals surface area (Å²) >= 11 is 0. The molecule has 0 saturated heterocycles. The molecule has 4 heteroatoms. The van der Waals surface area contributed by atoms with Crippen molar-refractivity contribution >= 4 is 11.0 Å². The Morgan fingerprint density at radius 1 is 0.679 bits per heavy atom. The van der Waals surface area contributed by atoms with Gasteiger partial charge in [0.1, 0.15) is 11.6 Å². The van der Waals surface area contributed by atoms with Crippen molar-refractivity contribution in [2.45, 2.75) is 84.4 Å². The van der Waals surface area contributed by atoms with E-state index in [-0.39, 0.29) is 22.0 Å². The molecule has 8 rings (SSSR count). The number of hydrogen-bond acceptors (Lipinski definition) is 3. The molecule has 5 aromatic carbocycles. The lowest BCUT2D eigenvalue weighted by Gasteiger charge is -2.42. The van der Waals surface area contributed by atoms with Crippen molar-refractivity contribution in [1.29, 1.82) is 0 Å². The second kappa shape index (κ2) is 12.6. The number of pyridine rings is 1. The van der Waals surface area contributed by atoms with E-state index in [0.717, 1.165) is 74.2 Å². The molecule has 0 bridgehead atoms. The van der Waals surface area contributed by atoms with Crippen molar-refractivity contribution in [2.24, 2.45) is 0 Å². The average Bonchev–Trinajstić information content (AvgIpc) is 3.56. The number of aromatic nitrogens is 3. The fourth-order valence-corrected chi connectivity index (χ4v) is 7.93. The van der Waals surface area contributed by atoms with Crippen molar-refractivity contribution in [1.82, 2.24) is 14.5 Å². The van der Waals surface area contributed by atoms with Crippen molar-refractivity contribution < 1.29 is 9.22 Å². The number of para-hydroxylation sites is 2. The van der Waals surface area contributed by atoms with Gasteiger partial charge in [-0.15, -0.1) is 0 Å². The number of rotatable bonds is 5. The number of phenolic OH excluding ortho intramolecular Hbond substituents is 1. The van der Waals surface area contributed by atoms with Crippen LogP contribution in [0.2, 0.25) is 0 Å². The minimum atomic E-state index is -2.15. The van der Waals surface area contributed by atoms with Crippen molar-refractivity contribution in [3.8, 4) is 56.3 Å². The van der Waals surface area contributed by atoms with Crippen LogP contribution in [0.1, 0.15) is 87.7 Å². The molecule has 0 amide bonds. The normalized spacial score (nSPS) is 16.1. The van der Waals surface area contributed by atoms with E-state index >= 15 is 0 Å². The number of aromatic hydroxyl groups is 1. The Morgan fingerprint density at radius 2 is 1.38 bits per heavy atom. The summed E-state index contributed by atoms with van der Waals surface area (Å²) in [5.41, 5.74) is 12.9. The lowest BCUT2D eigenvalue weighted by atomic mass is 9.63. The van der Waals surface area contributed by atoms with Gasteiger partial charge in [-0.1, -0.05) is 115 Å². The molecule has 0 radical (unpaired) electrons. The second-order valence-corrected chi connectivity index (χ2v) is 17.0. The Labute approximate surface area is 318 Å². The molecular formula is C49H49N3O. The van der Waals surface area contributed by atoms with Crippen LogP contribution in [-0.2, 0) is 16.2 Å². The highest BCUT2D eigenvalue weighted by atomic mass is 16.3. The first-order chi connectivity index (χ1) is 26.4. The minimum absolute atomic E-state index is 0.0396. The second-order valence-electron chi connectivity index (χ2n) is 17.0. The first-order valence-electron chi connectivity index (χ1n) is 20.1. The van der Waals surface area contributed by atoms with Gasteiger partial charge >= 0.3 is 0 Å². The molecule has 0 fully saturated rings. The zero-order valence-electron chi connectivity index (χ0n) is 34.8. The maximum atomic E-state index is 11.9. The Hall–Kier alpha value is -5.48. The van der Waals surface area contributed by atoms with Crippen LogP contribution in [0.25, 0.3) is 61.6 Å². The van der Waals surface area contributed by atoms with Crippen LogP contribution in [-0.4, -0.2) is 19.6 Å². The van der Waals surface area contributed by atoms with Crippen LogP contribution < -0.4 is 0 Å². The zero-order valence-corrected chi connectivity index (χ0v) is 31.8. The Morgan fingerprint density at radius 3 is 2.08 bits per heavy atom. The summed E-state index contributed by atoms with van der Waals surface area (Å²) in [5, 5.41) is 11.9. The molecule has 2 heterocycles. The van der Waals surface area contributed by atoms with Gasteiger partial charge in [0.2, 0.25) is 0 Å². The van der Waals surface area contributed by atoms with Gasteiger partial charge in [0.05, 0.1) is 22.3 Å². The molecule has 0 spiro atoms. The number of imidazole rings is 1. The standard InChI is InChI=1S/C49H49N3O/c1-31-17-19-32(20-18-31)33-21-24-50-42(28-33)35-25-34(26-36(27-35)47(2,3)4)38-15-12-16-43-45(38)51-46(52(43)37-13-10-9-11-14-37)39-29-40-41(30-44(39)53)49(7,8)23-22-48(40,5)6/h9-21,24-30,53H,22-23H2,1-8H3/i1D3. The fraction of sp³-hybridized carbons (Fsp3) is 0.265. The summed E-state index contributed by atoms with van der Waals surface area (Å²) in [6.07, 6.45) is 3.94. The number of nitrogens with zero attached hydrogens (tertiary/aromatic N) is 3. The molecule has 0 saturated carbocycles. The Balaban J connectivity index is 1.32. The van der Waals surface area contributed by atoms with Gasteiger partial charge in [-0.25, -0.2) is 4.98 Å². The summed E-state index contributed by atoms with van der Waals surface area (Å²) in [7, 11) is 0. The van der Waals surface area contributed by atoms with Crippen molar-refractivity contribution in [2.75, 3.05) is 0 Å². The summed E-state index contributed by atoms with van der Waals surface area (Å²) in [6.45, 7) is 13.7. The molecule has 266 valence electrons. The quantitative estimate of drug-likeness (QED) is 0.195. The summed E-state index contributed by atoms with van der Waals surface area (Å²) in [4.78, 5) is 10.3. The highest BCUT2D eigenvalue weighted by Gasteiger charge is 2.38. The molecule has 53 heavy (non-hydrogen) atoms. The maximum absolute atomic E-state index is 11.9. The number of aryl methyl sites for hydroxylation is 1. The highest BCUT2D eigenvalue weighted by Crippen LogP contribution is 2.50. The molecule has 7 aromatic rings. The van der Waals surface area contributed by atoms with Crippen LogP contribution >= 0.6 is 0 Å². The summed E-state index contributed by atoms with van der Waals surface area (Å²) < 4.78 is 25.5.